The van der Waals surface area contributed by atoms with Gasteiger partial charge in [-0.1, -0.05) is 0 Å². The maximum absolute atomic E-state index is 15.2. The third kappa shape index (κ3) is 9.01. The fourth-order valence-corrected chi connectivity index (χ4v) is 8.50. The van der Waals surface area contributed by atoms with Crippen molar-refractivity contribution in [3.63, 3.8) is 0 Å². The van der Waals surface area contributed by atoms with Gasteiger partial charge in [0.2, 0.25) is 24.6 Å². The van der Waals surface area contributed by atoms with Gasteiger partial charge in [-0.05, 0) is 85.7 Å². The number of carbonyl (C=O) groups excluding carboxylic acids is 2. The highest BCUT2D eigenvalue weighted by molar-refractivity contribution is 6.01. The number of nitrogens with zero attached hydrogens (tertiary/aromatic N) is 4. The predicted octanol–water partition coefficient (Wildman–Crippen LogP) is 9.45. The minimum absolute atomic E-state index is 0.0806. The van der Waals surface area contributed by atoms with E-state index < -0.39 is 60.7 Å². The first-order chi connectivity index (χ1) is 32.6. The van der Waals surface area contributed by atoms with Crippen molar-refractivity contribution in [2.45, 2.75) is 64.6 Å². The average molecular weight is 947 g/mol. The smallest absolute Gasteiger partial charge is 0.413 e. The van der Waals surface area contributed by atoms with Crippen molar-refractivity contribution in [3.8, 4) is 34.0 Å². The molecule has 4 aliphatic rings. The summed E-state index contributed by atoms with van der Waals surface area (Å²) >= 11 is 0. The summed E-state index contributed by atoms with van der Waals surface area (Å²) < 4.78 is 102. The summed E-state index contributed by atoms with van der Waals surface area (Å²) in [6, 6.07) is 6.30. The number of pyridine rings is 4. The molecule has 68 heavy (non-hydrogen) atoms. The van der Waals surface area contributed by atoms with Crippen LogP contribution in [0.4, 0.5) is 70.3 Å². The van der Waals surface area contributed by atoms with E-state index in [1.807, 2.05) is 13.8 Å². The van der Waals surface area contributed by atoms with Crippen molar-refractivity contribution < 1.29 is 54.9 Å². The van der Waals surface area contributed by atoms with Crippen LogP contribution < -0.4 is 42.2 Å². The Hall–Kier alpha value is -7.52. The lowest BCUT2D eigenvalue weighted by molar-refractivity contribution is -0.0478. The van der Waals surface area contributed by atoms with Crippen LogP contribution in [0.3, 0.4) is 0 Å². The molecule has 2 amide bonds. The number of benzene rings is 2. The molecule has 0 spiro atoms. The molecule has 22 heteroatoms. The zero-order valence-electron chi connectivity index (χ0n) is 36.4. The number of nitrogen functional groups attached to an aromatic ring is 2. The Morgan fingerprint density at radius 2 is 1.03 bits per heavy atom. The number of nitrogens with one attached hydrogen (secondary N) is 4. The number of alkyl halides is 4. The van der Waals surface area contributed by atoms with E-state index in [1.165, 1.54) is 24.8 Å². The van der Waals surface area contributed by atoms with Crippen LogP contribution in [0, 0.1) is 37.3 Å². The van der Waals surface area contributed by atoms with E-state index in [-0.39, 0.29) is 59.8 Å². The van der Waals surface area contributed by atoms with Gasteiger partial charge in [-0.3, -0.25) is 10.6 Å². The summed E-state index contributed by atoms with van der Waals surface area (Å²) in [5.41, 5.74) is 16.5. The van der Waals surface area contributed by atoms with Crippen LogP contribution in [0.25, 0.3) is 43.8 Å². The second-order valence-electron chi connectivity index (χ2n) is 16.8. The first-order valence-corrected chi connectivity index (χ1v) is 21.6. The van der Waals surface area contributed by atoms with Crippen LogP contribution in [0.2, 0.25) is 0 Å². The lowest BCUT2D eigenvalue weighted by Crippen LogP contribution is -2.38. The molecule has 2 aliphatic heterocycles. The zero-order chi connectivity index (χ0) is 48.0. The lowest BCUT2D eigenvalue weighted by atomic mass is 9.83. The number of fused-ring (bicyclic) bond motifs is 4. The number of hydrogen-bond donors (Lipinski definition) is 6. The van der Waals surface area contributed by atoms with E-state index in [0.29, 0.717) is 82.1 Å². The molecule has 0 atom stereocenters. The Labute approximate surface area is 383 Å². The van der Waals surface area contributed by atoms with E-state index >= 15 is 8.78 Å². The first kappa shape index (κ1) is 45.6. The molecule has 2 aromatic carbocycles. The molecule has 6 aromatic rings. The highest BCUT2D eigenvalue weighted by Crippen LogP contribution is 2.42. The molecule has 0 bridgehead atoms. The van der Waals surface area contributed by atoms with Gasteiger partial charge in [-0.15, -0.1) is 0 Å². The molecule has 8 N–H and O–H groups in total. The van der Waals surface area contributed by atoms with E-state index in [0.717, 1.165) is 11.1 Å². The zero-order valence-corrected chi connectivity index (χ0v) is 36.4. The monoisotopic (exact) mass is 946 g/mol. The van der Waals surface area contributed by atoms with Gasteiger partial charge >= 0.3 is 12.2 Å². The fraction of sp³-hybridized carbons (Fsp3) is 0.348. The Bertz CT molecular complexity index is 2760. The standard InChI is InChI=1S/2C23H22F3N5O3/c2*1-10-15(8-30-22-20(10)28-2-3-33-22)14-6-11-7-17(29-9-16(11)19(27)18(14)24)31-23(32)34-13-4-12(5-13)21(25)26/h2*6-9,12-13,21,28H,2-5,27H2,1H3,(H,29,31,32). The van der Waals surface area contributed by atoms with Gasteiger partial charge in [-0.2, -0.15) is 0 Å². The van der Waals surface area contributed by atoms with Crippen LogP contribution in [0.15, 0.2) is 49.1 Å². The molecular formula is C46H44F6N10O6. The number of anilines is 6. The summed E-state index contributed by atoms with van der Waals surface area (Å²) in [5.74, 6) is -1.44. The molecule has 6 heterocycles. The minimum atomic E-state index is -2.41. The lowest BCUT2D eigenvalue weighted by Gasteiger charge is -2.33. The third-order valence-corrected chi connectivity index (χ3v) is 12.5. The van der Waals surface area contributed by atoms with E-state index in [9.17, 15) is 27.2 Å². The highest BCUT2D eigenvalue weighted by Gasteiger charge is 2.39. The molecule has 356 valence electrons. The van der Waals surface area contributed by atoms with Gasteiger partial charge in [-0.25, -0.2) is 55.9 Å². The van der Waals surface area contributed by atoms with E-state index in [4.69, 9.17) is 30.4 Å². The SMILES string of the molecule is Cc1c(-c2cc3cc(NC(=O)OC4CC(C(F)F)C4)ncc3c(N)c2F)cnc2c1NCCO2.Cc1c(-c2cc3cc(NC(=O)OC4CC(C(F)F)C4)ncc3c(N)c2F)cnc2c1NCCO2. The average Bonchev–Trinajstić information content (AvgIpc) is 3.29. The summed E-state index contributed by atoms with van der Waals surface area (Å²) in [4.78, 5) is 41.1. The quantitative estimate of drug-likeness (QED) is 0.0618. The van der Waals surface area contributed by atoms with Crippen molar-refractivity contribution in [2.24, 2.45) is 11.8 Å². The summed E-state index contributed by atoms with van der Waals surface area (Å²) in [5, 5.41) is 13.3. The van der Waals surface area contributed by atoms with E-state index in [2.05, 4.69) is 41.2 Å². The number of amides is 2. The van der Waals surface area contributed by atoms with Gasteiger partial charge in [0.15, 0.2) is 11.6 Å². The van der Waals surface area contributed by atoms with Gasteiger partial charge < -0.3 is 41.0 Å². The van der Waals surface area contributed by atoms with Gasteiger partial charge in [0.1, 0.15) is 48.4 Å². The molecular weight excluding hydrogens is 903 g/mol. The molecule has 2 saturated carbocycles. The van der Waals surface area contributed by atoms with Crippen molar-refractivity contribution in [1.82, 2.24) is 19.9 Å². The Morgan fingerprint density at radius 1 is 0.632 bits per heavy atom. The number of halogens is 6. The Kier molecular flexibility index (Phi) is 12.5. The Morgan fingerprint density at radius 3 is 1.41 bits per heavy atom. The second kappa shape index (κ2) is 18.6. The molecule has 2 fully saturated rings. The third-order valence-electron chi connectivity index (χ3n) is 12.5. The number of carbonyl (C=O) groups is 2. The molecule has 0 radical (unpaired) electrons. The van der Waals surface area contributed by atoms with Crippen LogP contribution in [0.5, 0.6) is 11.8 Å². The first-order valence-electron chi connectivity index (χ1n) is 21.6. The van der Waals surface area contributed by atoms with Gasteiger partial charge in [0.05, 0.1) is 11.4 Å². The normalized spacial score (nSPS) is 19.1. The molecule has 4 aromatic heterocycles. The number of ether oxygens (including phenoxy) is 4. The Balaban J connectivity index is 0.000000170. The van der Waals surface area contributed by atoms with Crippen LogP contribution in [-0.4, -0.2) is 83.5 Å². The van der Waals surface area contributed by atoms with Crippen molar-refractivity contribution in [1.29, 1.82) is 0 Å². The topological polar surface area (TPSA) is 223 Å². The van der Waals surface area contributed by atoms with Crippen molar-refractivity contribution in [3.05, 3.63) is 71.8 Å². The maximum atomic E-state index is 15.2. The van der Waals surface area contributed by atoms with Crippen LogP contribution in [0.1, 0.15) is 36.8 Å². The molecule has 0 unspecified atom stereocenters. The summed E-state index contributed by atoms with van der Waals surface area (Å²) in [7, 11) is 0. The number of hydrogen-bond acceptors (Lipinski definition) is 14. The number of rotatable bonds is 8. The minimum Gasteiger partial charge on any atom is -0.474 e. The summed E-state index contributed by atoms with van der Waals surface area (Å²) in [6.45, 7) is 5.89. The molecule has 2 aliphatic carbocycles. The number of nitrogens with two attached hydrogens (primary N) is 2. The van der Waals surface area contributed by atoms with Crippen molar-refractivity contribution >= 4 is 68.1 Å². The van der Waals surface area contributed by atoms with E-state index in [1.54, 1.807) is 24.3 Å². The van der Waals surface area contributed by atoms with Crippen LogP contribution >= 0.6 is 0 Å². The van der Waals surface area contributed by atoms with Crippen LogP contribution in [-0.2, 0) is 9.47 Å². The second-order valence-corrected chi connectivity index (χ2v) is 16.8. The maximum Gasteiger partial charge on any atom is 0.413 e. The highest BCUT2D eigenvalue weighted by atomic mass is 19.3. The predicted molar refractivity (Wildman–Crippen MR) is 241 cm³/mol. The number of aromatic nitrogens is 4. The van der Waals surface area contributed by atoms with Gasteiger partial charge in [0.25, 0.3) is 0 Å². The van der Waals surface area contributed by atoms with Crippen molar-refractivity contribution in [2.75, 3.05) is 59.0 Å². The van der Waals surface area contributed by atoms with Gasteiger partial charge in [0, 0.05) is 82.7 Å². The molecule has 16 nitrogen and oxygen atoms in total. The largest absolute Gasteiger partial charge is 0.474 e. The molecule has 0 saturated heterocycles. The fourth-order valence-electron chi connectivity index (χ4n) is 8.50. The molecule has 10 rings (SSSR count). The summed E-state index contributed by atoms with van der Waals surface area (Å²) in [6.07, 6.45) is -1.21.